The smallest absolute Gasteiger partial charge is 0.347 e. The Bertz CT molecular complexity index is 3140. The molecule has 30 heteroatoms. The summed E-state index contributed by atoms with van der Waals surface area (Å²) in [5, 5.41) is 7.48. The standard InChI is InChI=1S/C76H123ClF3N13O13/c1-15-47(4)63-72(104)86(9)48(5)67(99)93-39-34-55(93)71(103)89(12)58(42-49-26-18-16-19-27-49)70(102)85(8)45-60(94)81-54(33-31-50-30-32-52(53(77)41-50)76(78,79)80)68(100)88(11)57(43-62(96)92-37-24-17-25-38-92)66(98)83-75(35-22-23-36-75)74(106)91(14)64(51-28-20-21-29-51)73(105)90(13)59(69(101)84(6)7)44-61(95)87(10)56(40-46(2)3)65(97)82-63/h46-59,63-64H,15-45H2,1-14H3,(H,81,94)(H,82,97)(H,83,98)/t47-,48-,50?,52?,53?,54-,55-,56-,57-,58-,59-,63-,64-/m0/s1. The maximum atomic E-state index is 15.9. The van der Waals surface area contributed by atoms with Gasteiger partial charge in [0.05, 0.1) is 25.3 Å². The highest BCUT2D eigenvalue weighted by Gasteiger charge is 2.53. The minimum atomic E-state index is -4.55. The molecule has 13 atom stereocenters. The largest absolute Gasteiger partial charge is 0.393 e. The van der Waals surface area contributed by atoms with E-state index < -0.39 is 191 Å². The van der Waals surface area contributed by atoms with E-state index in [-0.39, 0.29) is 82.6 Å². The number of alkyl halides is 4. The maximum Gasteiger partial charge on any atom is 0.393 e. The molecule has 7 aliphatic rings. The molecular formula is C76H123ClF3N13O13. The van der Waals surface area contributed by atoms with Crippen molar-refractivity contribution in [3.63, 3.8) is 0 Å². The van der Waals surface area contributed by atoms with Gasteiger partial charge in [0.1, 0.15) is 59.9 Å². The van der Waals surface area contributed by atoms with Crippen LogP contribution in [0.3, 0.4) is 0 Å². The molecule has 3 N–H and O–H groups in total. The number of likely N-dealkylation sites (tertiary alicyclic amines) is 1. The van der Waals surface area contributed by atoms with Gasteiger partial charge in [0.25, 0.3) is 0 Å². The van der Waals surface area contributed by atoms with E-state index in [1.54, 1.807) is 11.8 Å². The number of fused-ring (bicyclic) bond motifs is 1. The highest BCUT2D eigenvalue weighted by atomic mass is 35.5. The fraction of sp³-hybridized carbons (Fsp3) is 0.829. The van der Waals surface area contributed by atoms with Crippen molar-refractivity contribution in [2.45, 2.75) is 279 Å². The van der Waals surface area contributed by atoms with E-state index in [0.29, 0.717) is 70.9 Å². The predicted octanol–water partition coefficient (Wildman–Crippen LogP) is 5.94. The fourth-order valence-electron chi connectivity index (χ4n) is 17.3. The number of nitrogens with one attached hydrogen (secondary N) is 3. The van der Waals surface area contributed by atoms with E-state index in [1.165, 1.54) is 105 Å². The average Bonchev–Trinajstić information content (AvgIpc) is 1.50. The number of hydrogen-bond donors (Lipinski definition) is 3. The van der Waals surface area contributed by atoms with Gasteiger partial charge in [0.2, 0.25) is 76.8 Å². The van der Waals surface area contributed by atoms with Crippen LogP contribution in [0.1, 0.15) is 208 Å². The van der Waals surface area contributed by atoms with Crippen molar-refractivity contribution in [2.24, 2.45) is 35.5 Å². The fourth-order valence-corrected chi connectivity index (χ4v) is 17.8. The van der Waals surface area contributed by atoms with Gasteiger partial charge in [-0.1, -0.05) is 91.9 Å². The third kappa shape index (κ3) is 20.9. The highest BCUT2D eigenvalue weighted by Crippen LogP contribution is 2.44. The molecule has 4 saturated carbocycles. The van der Waals surface area contributed by atoms with E-state index in [1.807, 2.05) is 20.8 Å². The van der Waals surface area contributed by atoms with Crippen LogP contribution in [-0.4, -0.2) is 287 Å². The molecule has 3 saturated heterocycles. The lowest BCUT2D eigenvalue weighted by molar-refractivity contribution is -0.182. The zero-order chi connectivity index (χ0) is 78.6. The maximum absolute atomic E-state index is 15.9. The summed E-state index contributed by atoms with van der Waals surface area (Å²) in [7, 11) is 12.8. The molecule has 598 valence electrons. The minimum absolute atomic E-state index is 0.00215. The first kappa shape index (κ1) is 86.4. The van der Waals surface area contributed by atoms with Gasteiger partial charge in [-0.2, -0.15) is 13.2 Å². The Morgan fingerprint density at radius 2 is 1.22 bits per heavy atom. The van der Waals surface area contributed by atoms with Crippen LogP contribution in [0, 0.1) is 35.5 Å². The van der Waals surface area contributed by atoms with Gasteiger partial charge in [-0.25, -0.2) is 0 Å². The van der Waals surface area contributed by atoms with E-state index in [9.17, 15) is 51.5 Å². The first-order valence-corrected chi connectivity index (χ1v) is 39.6. The third-order valence-electron chi connectivity index (χ3n) is 24.6. The summed E-state index contributed by atoms with van der Waals surface area (Å²) < 4.78 is 42.4. The zero-order valence-electron chi connectivity index (χ0n) is 65.4. The second kappa shape index (κ2) is 38.0. The first-order chi connectivity index (χ1) is 49.8. The Balaban J connectivity index is 1.32. The van der Waals surface area contributed by atoms with Crippen LogP contribution < -0.4 is 16.0 Å². The number of amides is 13. The summed E-state index contributed by atoms with van der Waals surface area (Å²) in [4.78, 5) is 209. The number of carbonyl (C=O) groups is 13. The van der Waals surface area contributed by atoms with Gasteiger partial charge in [-0.05, 0) is 133 Å². The Morgan fingerprint density at radius 3 is 1.78 bits per heavy atom. The van der Waals surface area contributed by atoms with Crippen molar-refractivity contribution in [2.75, 3.05) is 89.6 Å². The lowest BCUT2D eigenvalue weighted by atomic mass is 9.78. The normalized spacial score (nSPS) is 30.2. The van der Waals surface area contributed by atoms with Gasteiger partial charge in [0, 0.05) is 88.4 Å². The second-order valence-electron chi connectivity index (χ2n) is 32.6. The monoisotopic (exact) mass is 1520 g/mol. The molecule has 106 heavy (non-hydrogen) atoms. The Hall–Kier alpha value is -6.81. The summed E-state index contributed by atoms with van der Waals surface area (Å²) in [5.74, 6) is -12.1. The summed E-state index contributed by atoms with van der Waals surface area (Å²) in [6, 6.07) is -11.7. The van der Waals surface area contributed by atoms with Gasteiger partial charge < -0.3 is 64.9 Å². The number of nitrogens with zero attached hydrogens (tertiary/aromatic N) is 10. The number of rotatable bonds is 13. The highest BCUT2D eigenvalue weighted by molar-refractivity contribution is 6.21. The predicted molar refractivity (Wildman–Crippen MR) is 392 cm³/mol. The third-order valence-corrected chi connectivity index (χ3v) is 25.1. The van der Waals surface area contributed by atoms with Crippen molar-refractivity contribution >= 4 is 88.4 Å². The number of likely N-dealkylation sites (N-methyl/N-ethyl adjacent to an activating group) is 8. The molecule has 0 aromatic rings. The minimum Gasteiger partial charge on any atom is -0.347 e. The van der Waals surface area contributed by atoms with Crippen LogP contribution in [0.25, 0.3) is 0 Å². The topological polar surface area (TPSA) is 290 Å². The SMILES string of the molecule is CC[C@H](C)[C@@H]1NC(=O)[C@H](CC(C)C)N(C)C(=O)C[C@@H](C(=O)N(C)C)N(C)C(=O)[C@H](C2CCCC2)N(C)C(=O)C2(CCCC2)NC(=O)[C@H](CC(=O)N2CCCCC2)N(C)C(=O)[C@H](CCC2CCC(C(F)(F)F)C(Cl)C2)NC(=O)CN(C)C(=O)[C@H](CC2CCCCC2)N(C)C(=O)[C@@H]2CCN2C(=O)[C@H](C)N(C)C1=O. The van der Waals surface area contributed by atoms with Crippen molar-refractivity contribution in [1.29, 1.82) is 0 Å². The summed E-state index contributed by atoms with van der Waals surface area (Å²) in [6.45, 7) is 9.06. The lowest BCUT2D eigenvalue weighted by Crippen LogP contribution is -2.65. The first-order valence-electron chi connectivity index (χ1n) is 39.1. The van der Waals surface area contributed by atoms with Crippen molar-refractivity contribution in [3.8, 4) is 0 Å². The Labute approximate surface area is 630 Å². The molecule has 0 radical (unpaired) electrons. The van der Waals surface area contributed by atoms with Crippen molar-refractivity contribution in [3.05, 3.63) is 0 Å². The van der Waals surface area contributed by atoms with E-state index in [2.05, 4.69) is 16.0 Å². The molecule has 3 heterocycles. The van der Waals surface area contributed by atoms with Crippen molar-refractivity contribution < 1.29 is 75.5 Å². The molecule has 3 unspecified atom stereocenters. The number of hydrogen-bond acceptors (Lipinski definition) is 13. The van der Waals surface area contributed by atoms with Gasteiger partial charge in [0.15, 0.2) is 0 Å². The van der Waals surface area contributed by atoms with Gasteiger partial charge in [-0.3, -0.25) is 62.3 Å². The quantitative estimate of drug-likeness (QED) is 0.180. The van der Waals surface area contributed by atoms with Crippen LogP contribution >= 0.6 is 11.6 Å². The molecule has 1 spiro atoms. The lowest BCUT2D eigenvalue weighted by Gasteiger charge is -2.45. The van der Waals surface area contributed by atoms with E-state index in [0.717, 1.165) is 48.3 Å². The Morgan fingerprint density at radius 1 is 0.613 bits per heavy atom. The number of piperidine rings is 1. The molecule has 26 nitrogen and oxygen atoms in total. The van der Waals surface area contributed by atoms with Gasteiger partial charge in [-0.15, -0.1) is 11.6 Å². The van der Waals surface area contributed by atoms with Crippen LogP contribution in [0.15, 0.2) is 0 Å². The Kier molecular flexibility index (Phi) is 31.0. The van der Waals surface area contributed by atoms with Crippen LogP contribution in [0.5, 0.6) is 0 Å². The molecule has 13 amide bonds. The number of halogens is 4. The number of carbonyl (C=O) groups excluding carboxylic acids is 13. The van der Waals surface area contributed by atoms with Crippen LogP contribution in [0.2, 0.25) is 0 Å². The molecule has 4 aliphatic carbocycles. The second-order valence-corrected chi connectivity index (χ2v) is 33.2. The summed E-state index contributed by atoms with van der Waals surface area (Å²) in [5.41, 5.74) is -1.72. The molecule has 3 aliphatic heterocycles. The van der Waals surface area contributed by atoms with E-state index in [4.69, 9.17) is 11.6 Å². The van der Waals surface area contributed by atoms with E-state index >= 15 is 24.0 Å². The summed E-state index contributed by atoms with van der Waals surface area (Å²) in [6.07, 6.45) is 4.86. The van der Waals surface area contributed by atoms with Crippen LogP contribution in [-0.2, 0) is 62.3 Å². The van der Waals surface area contributed by atoms with Crippen LogP contribution in [0.4, 0.5) is 13.2 Å². The molecular weight excluding hydrogens is 1400 g/mol. The van der Waals surface area contributed by atoms with Crippen molar-refractivity contribution in [1.82, 2.24) is 64.9 Å². The van der Waals surface area contributed by atoms with Gasteiger partial charge >= 0.3 is 6.18 Å². The zero-order valence-corrected chi connectivity index (χ0v) is 66.2. The average molecular weight is 1520 g/mol. The molecule has 7 fully saturated rings. The summed E-state index contributed by atoms with van der Waals surface area (Å²) >= 11 is 6.45. The molecule has 0 bridgehead atoms. The molecule has 0 aromatic heterocycles. The molecule has 0 aromatic carbocycles. The molecule has 7 rings (SSSR count).